The lowest BCUT2D eigenvalue weighted by atomic mass is 9.81. The van der Waals surface area contributed by atoms with Gasteiger partial charge in [-0.25, -0.2) is 8.78 Å². The van der Waals surface area contributed by atoms with Crippen LogP contribution in [0.15, 0.2) is 0 Å². The van der Waals surface area contributed by atoms with Crippen molar-refractivity contribution in [2.45, 2.75) is 32.3 Å². The minimum Gasteiger partial charge on any atom is -0.378 e. The highest BCUT2D eigenvalue weighted by Crippen LogP contribution is 2.40. The van der Waals surface area contributed by atoms with Crippen LogP contribution >= 0.6 is 11.6 Å². The molecule has 72 valence electrons. The number of ether oxygens (including phenoxy) is 1. The van der Waals surface area contributed by atoms with E-state index < -0.39 is 11.8 Å². The van der Waals surface area contributed by atoms with Crippen molar-refractivity contribution in [3.8, 4) is 0 Å². The molecule has 1 saturated heterocycles. The molecule has 2 atom stereocenters. The third-order valence-electron chi connectivity index (χ3n) is 2.66. The Balaban J connectivity index is 2.61. The third kappa shape index (κ3) is 1.88. The number of hydrogen-bond acceptors (Lipinski definition) is 1. The van der Waals surface area contributed by atoms with Crippen molar-refractivity contribution >= 4 is 11.6 Å². The van der Waals surface area contributed by atoms with Gasteiger partial charge in [-0.15, -0.1) is 11.6 Å². The fourth-order valence-electron chi connectivity index (χ4n) is 1.62. The topological polar surface area (TPSA) is 9.23 Å². The lowest BCUT2D eigenvalue weighted by molar-refractivity contribution is 0.0260. The third-order valence-corrected chi connectivity index (χ3v) is 3.19. The Hall–Kier alpha value is 0.110. The molecule has 1 aliphatic rings. The summed E-state index contributed by atoms with van der Waals surface area (Å²) >= 11 is 5.69. The first-order valence-electron chi connectivity index (χ1n) is 4.06. The quantitative estimate of drug-likeness (QED) is 0.634. The number of hydrogen-bond donors (Lipinski definition) is 0. The lowest BCUT2D eigenvalue weighted by Crippen LogP contribution is -2.32. The standard InChI is InChI=1S/C8H13ClF2O/c1-6-8(5-9,2-3-12-6)4-7(10)11/h6-7H,2-5H2,1H3. The predicted octanol–water partition coefficient (Wildman–Crippen LogP) is 2.68. The highest BCUT2D eigenvalue weighted by atomic mass is 35.5. The van der Waals surface area contributed by atoms with E-state index in [0.717, 1.165) is 0 Å². The van der Waals surface area contributed by atoms with Gasteiger partial charge in [0.25, 0.3) is 0 Å². The molecule has 0 aromatic heterocycles. The molecule has 1 rings (SSSR count). The van der Waals surface area contributed by atoms with Crippen molar-refractivity contribution in [2.24, 2.45) is 5.41 Å². The molecule has 0 bridgehead atoms. The summed E-state index contributed by atoms with van der Waals surface area (Å²) in [6.45, 7) is 2.37. The van der Waals surface area contributed by atoms with Gasteiger partial charge in [0.1, 0.15) is 0 Å². The van der Waals surface area contributed by atoms with E-state index in [9.17, 15) is 8.78 Å². The zero-order chi connectivity index (χ0) is 9.19. The molecule has 0 aromatic rings. The van der Waals surface area contributed by atoms with Gasteiger partial charge in [0.15, 0.2) is 0 Å². The first kappa shape index (κ1) is 10.2. The van der Waals surface area contributed by atoms with E-state index in [4.69, 9.17) is 16.3 Å². The van der Waals surface area contributed by atoms with Crippen LogP contribution in [-0.4, -0.2) is 25.0 Å². The first-order chi connectivity index (χ1) is 5.60. The van der Waals surface area contributed by atoms with Gasteiger partial charge in [-0.3, -0.25) is 0 Å². The molecule has 1 nitrogen and oxygen atoms in total. The van der Waals surface area contributed by atoms with Gasteiger partial charge in [-0.1, -0.05) is 0 Å². The predicted molar refractivity (Wildman–Crippen MR) is 43.8 cm³/mol. The maximum atomic E-state index is 12.2. The van der Waals surface area contributed by atoms with Crippen LogP contribution in [0.5, 0.6) is 0 Å². The average molecular weight is 199 g/mol. The van der Waals surface area contributed by atoms with Gasteiger partial charge < -0.3 is 4.74 Å². The summed E-state index contributed by atoms with van der Waals surface area (Å²) < 4.78 is 29.6. The highest BCUT2D eigenvalue weighted by molar-refractivity contribution is 6.18. The minimum atomic E-state index is -2.28. The molecule has 0 aromatic carbocycles. The van der Waals surface area contributed by atoms with Crippen LogP contribution in [0.3, 0.4) is 0 Å². The second-order valence-corrected chi connectivity index (χ2v) is 3.62. The van der Waals surface area contributed by atoms with E-state index in [0.29, 0.717) is 13.0 Å². The Morgan fingerprint density at radius 2 is 2.33 bits per heavy atom. The zero-order valence-electron chi connectivity index (χ0n) is 7.03. The largest absolute Gasteiger partial charge is 0.378 e. The highest BCUT2D eigenvalue weighted by Gasteiger charge is 2.42. The van der Waals surface area contributed by atoms with E-state index in [-0.39, 0.29) is 18.4 Å². The van der Waals surface area contributed by atoms with Gasteiger partial charge in [-0.2, -0.15) is 0 Å². The number of rotatable bonds is 3. The Morgan fingerprint density at radius 3 is 2.67 bits per heavy atom. The van der Waals surface area contributed by atoms with Crippen molar-refractivity contribution in [1.29, 1.82) is 0 Å². The molecule has 1 fully saturated rings. The first-order valence-corrected chi connectivity index (χ1v) is 4.60. The molecule has 0 radical (unpaired) electrons. The molecular formula is C8H13ClF2O. The smallest absolute Gasteiger partial charge is 0.239 e. The van der Waals surface area contributed by atoms with Gasteiger partial charge >= 0.3 is 0 Å². The monoisotopic (exact) mass is 198 g/mol. The Kier molecular flexibility index (Phi) is 3.29. The Bertz CT molecular complexity index is 154. The molecular weight excluding hydrogens is 186 g/mol. The molecule has 1 heterocycles. The molecule has 0 amide bonds. The second kappa shape index (κ2) is 3.88. The Morgan fingerprint density at radius 1 is 1.67 bits per heavy atom. The van der Waals surface area contributed by atoms with Crippen LogP contribution in [0.2, 0.25) is 0 Å². The summed E-state index contributed by atoms with van der Waals surface area (Å²) in [5, 5.41) is 0. The van der Waals surface area contributed by atoms with Crippen LogP contribution in [-0.2, 0) is 4.74 Å². The SMILES string of the molecule is CC1OCCC1(CCl)CC(F)F. The van der Waals surface area contributed by atoms with E-state index >= 15 is 0 Å². The fourth-order valence-corrected chi connectivity index (χ4v) is 2.08. The summed E-state index contributed by atoms with van der Waals surface area (Å²) in [6.07, 6.45) is -1.91. The second-order valence-electron chi connectivity index (χ2n) is 3.35. The maximum absolute atomic E-state index is 12.2. The maximum Gasteiger partial charge on any atom is 0.239 e. The molecule has 4 heteroatoms. The van der Waals surface area contributed by atoms with E-state index in [1.165, 1.54) is 0 Å². The van der Waals surface area contributed by atoms with Crippen molar-refractivity contribution in [3.63, 3.8) is 0 Å². The van der Waals surface area contributed by atoms with Crippen molar-refractivity contribution in [3.05, 3.63) is 0 Å². The Labute approximate surface area is 76.0 Å². The molecule has 12 heavy (non-hydrogen) atoms. The van der Waals surface area contributed by atoms with Crippen molar-refractivity contribution in [2.75, 3.05) is 12.5 Å². The normalized spacial score (nSPS) is 36.2. The lowest BCUT2D eigenvalue weighted by Gasteiger charge is -2.29. The van der Waals surface area contributed by atoms with E-state index in [1.807, 2.05) is 6.92 Å². The van der Waals surface area contributed by atoms with Gasteiger partial charge in [0, 0.05) is 24.3 Å². The molecule has 2 unspecified atom stereocenters. The fraction of sp³-hybridized carbons (Fsp3) is 1.00. The van der Waals surface area contributed by atoms with Gasteiger partial charge in [0.05, 0.1) is 6.10 Å². The summed E-state index contributed by atoms with van der Waals surface area (Å²) in [5.74, 6) is 0.262. The van der Waals surface area contributed by atoms with Crippen molar-refractivity contribution in [1.82, 2.24) is 0 Å². The molecule has 0 aliphatic carbocycles. The van der Waals surface area contributed by atoms with Crippen LogP contribution in [0.1, 0.15) is 19.8 Å². The average Bonchev–Trinajstić information content (AvgIpc) is 2.32. The summed E-state index contributed by atoms with van der Waals surface area (Å²) in [4.78, 5) is 0. The van der Waals surface area contributed by atoms with E-state index in [1.54, 1.807) is 0 Å². The zero-order valence-corrected chi connectivity index (χ0v) is 7.78. The van der Waals surface area contributed by atoms with Gasteiger partial charge in [0.2, 0.25) is 6.43 Å². The van der Waals surface area contributed by atoms with Crippen LogP contribution in [0, 0.1) is 5.41 Å². The molecule has 1 aliphatic heterocycles. The van der Waals surface area contributed by atoms with Crippen LogP contribution in [0.25, 0.3) is 0 Å². The summed E-state index contributed by atoms with van der Waals surface area (Å²) in [6, 6.07) is 0. The van der Waals surface area contributed by atoms with Crippen molar-refractivity contribution < 1.29 is 13.5 Å². The summed E-state index contributed by atoms with van der Waals surface area (Å²) in [7, 11) is 0. The van der Waals surface area contributed by atoms with E-state index in [2.05, 4.69) is 0 Å². The minimum absolute atomic E-state index is 0.135. The summed E-state index contributed by atoms with van der Waals surface area (Å²) in [5.41, 5.74) is -0.490. The molecule has 0 saturated carbocycles. The molecule has 0 spiro atoms. The van der Waals surface area contributed by atoms with Gasteiger partial charge in [-0.05, 0) is 13.3 Å². The number of alkyl halides is 3. The van der Waals surface area contributed by atoms with Crippen LogP contribution in [0.4, 0.5) is 8.78 Å². The van der Waals surface area contributed by atoms with Crippen LogP contribution < -0.4 is 0 Å². The number of halogens is 3. The molecule has 0 N–H and O–H groups in total.